The van der Waals surface area contributed by atoms with Gasteiger partial charge in [-0.15, -0.1) is 0 Å². The highest BCUT2D eigenvalue weighted by Gasteiger charge is 2.36. The van der Waals surface area contributed by atoms with Crippen molar-refractivity contribution < 1.29 is 24.3 Å². The summed E-state index contributed by atoms with van der Waals surface area (Å²) < 4.78 is 0. The number of halogens is 1. The summed E-state index contributed by atoms with van der Waals surface area (Å²) in [5.74, 6) is -2.35. The maximum absolute atomic E-state index is 13.8. The lowest BCUT2D eigenvalue weighted by molar-refractivity contribution is -0.120. The predicted molar refractivity (Wildman–Crippen MR) is 147 cm³/mol. The second-order valence-corrected chi connectivity index (χ2v) is 9.88. The molecule has 1 aliphatic rings. The third-order valence-electron chi connectivity index (χ3n) is 6.27. The van der Waals surface area contributed by atoms with E-state index < -0.39 is 23.8 Å². The first-order valence-electron chi connectivity index (χ1n) is 12.2. The number of rotatable bonds is 9. The molecule has 2 heterocycles. The van der Waals surface area contributed by atoms with Gasteiger partial charge in [-0.2, -0.15) is 0 Å². The van der Waals surface area contributed by atoms with Crippen LogP contribution in [-0.2, 0) is 22.6 Å². The predicted octanol–water partition coefficient (Wildman–Crippen LogP) is 3.53. The van der Waals surface area contributed by atoms with E-state index in [4.69, 9.17) is 11.6 Å². The Bertz CT molecular complexity index is 1410. The van der Waals surface area contributed by atoms with Gasteiger partial charge in [-0.1, -0.05) is 23.7 Å². The summed E-state index contributed by atoms with van der Waals surface area (Å²) in [5, 5.41) is 15.5. The van der Waals surface area contributed by atoms with Gasteiger partial charge in [0.25, 0.3) is 5.91 Å². The van der Waals surface area contributed by atoms with Crippen molar-refractivity contribution in [1.29, 1.82) is 0 Å². The van der Waals surface area contributed by atoms with Gasteiger partial charge in [0, 0.05) is 42.8 Å². The van der Waals surface area contributed by atoms with E-state index in [1.807, 2.05) is 19.0 Å². The zero-order valence-corrected chi connectivity index (χ0v) is 22.2. The molecule has 0 saturated carbocycles. The number of carbonyl (C=O) groups excluding carboxylic acids is 3. The molecule has 3 aromatic rings. The Labute approximate surface area is 230 Å². The van der Waals surface area contributed by atoms with E-state index in [1.54, 1.807) is 42.6 Å². The van der Waals surface area contributed by atoms with Crippen LogP contribution in [0.1, 0.15) is 38.4 Å². The Balaban J connectivity index is 1.70. The molecule has 0 bridgehead atoms. The molecule has 3 amide bonds. The Kier molecular flexibility index (Phi) is 8.58. The number of carboxylic acids is 1. The fourth-order valence-electron chi connectivity index (χ4n) is 4.28. The van der Waals surface area contributed by atoms with Crippen molar-refractivity contribution in [3.05, 3.63) is 88.2 Å². The molecule has 1 aromatic heterocycles. The highest BCUT2D eigenvalue weighted by atomic mass is 35.5. The monoisotopic (exact) mass is 549 g/mol. The number of hydrogen-bond donors (Lipinski definition) is 3. The van der Waals surface area contributed by atoms with Crippen LogP contribution in [0, 0.1) is 0 Å². The fraction of sp³-hybridized carbons (Fsp3) is 0.250. The summed E-state index contributed by atoms with van der Waals surface area (Å²) in [5.41, 5.74) is 1.77. The number of nitrogens with zero attached hydrogens (tertiary/aromatic N) is 3. The minimum Gasteiger partial charge on any atom is -0.478 e. The smallest absolute Gasteiger partial charge is 0.337 e. The SMILES string of the molecule is CN(C)CCC(=O)Nc1cc(CN2C(=O)c3ccc(Cl)cc3NC(=O)C2Cc2ccccn2)ccc1C(=O)O. The number of carboxylic acid groups (broad SMARTS) is 1. The molecule has 0 spiro atoms. The summed E-state index contributed by atoms with van der Waals surface area (Å²) in [6.45, 7) is 0.468. The standard InChI is InChI=1S/C28H28ClN5O5/c1-33(2)12-10-25(35)31-22-13-17(6-8-21(22)28(38)39)16-34-24(15-19-5-3-4-11-30-19)26(36)32-23-14-18(29)7-9-20(23)27(34)37/h3-9,11,13-14,24H,10,12,15-16H2,1-2H3,(H,31,35)(H,32,36)(H,38,39). The first-order valence-corrected chi connectivity index (χ1v) is 12.6. The van der Waals surface area contributed by atoms with Crippen LogP contribution >= 0.6 is 11.6 Å². The van der Waals surface area contributed by atoms with Crippen LogP contribution in [0.2, 0.25) is 5.02 Å². The number of anilines is 2. The van der Waals surface area contributed by atoms with Crippen molar-refractivity contribution in [3.63, 3.8) is 0 Å². The molecule has 3 N–H and O–H groups in total. The number of benzene rings is 2. The third-order valence-corrected chi connectivity index (χ3v) is 6.50. The molecule has 4 rings (SSSR count). The number of pyridine rings is 1. The molecule has 0 fully saturated rings. The van der Waals surface area contributed by atoms with Crippen molar-refractivity contribution in [3.8, 4) is 0 Å². The zero-order chi connectivity index (χ0) is 28.1. The molecule has 2 aromatic carbocycles. The maximum atomic E-state index is 13.8. The number of nitrogens with one attached hydrogen (secondary N) is 2. The van der Waals surface area contributed by atoms with Gasteiger partial charge in [0.2, 0.25) is 11.8 Å². The summed E-state index contributed by atoms with van der Waals surface area (Å²) >= 11 is 6.13. The van der Waals surface area contributed by atoms with Gasteiger partial charge < -0.3 is 25.5 Å². The van der Waals surface area contributed by atoms with E-state index in [-0.39, 0.29) is 42.1 Å². The third kappa shape index (κ3) is 6.78. The number of fused-ring (bicyclic) bond motifs is 1. The highest BCUT2D eigenvalue weighted by molar-refractivity contribution is 6.31. The fourth-order valence-corrected chi connectivity index (χ4v) is 4.45. The first kappa shape index (κ1) is 27.7. The van der Waals surface area contributed by atoms with Gasteiger partial charge in [0.15, 0.2) is 0 Å². The minimum atomic E-state index is -1.20. The molecular formula is C28H28ClN5O5. The number of aromatic nitrogens is 1. The van der Waals surface area contributed by atoms with E-state index >= 15 is 0 Å². The Hall–Kier alpha value is -4.28. The van der Waals surface area contributed by atoms with Gasteiger partial charge in [-0.3, -0.25) is 19.4 Å². The van der Waals surface area contributed by atoms with Crippen LogP contribution in [-0.4, -0.2) is 70.3 Å². The average Bonchev–Trinajstić information content (AvgIpc) is 2.98. The average molecular weight is 550 g/mol. The number of hydrogen-bond acceptors (Lipinski definition) is 6. The van der Waals surface area contributed by atoms with Crippen molar-refractivity contribution >= 4 is 46.7 Å². The Morgan fingerprint density at radius 2 is 1.92 bits per heavy atom. The molecule has 1 aliphatic heterocycles. The summed E-state index contributed by atoms with van der Waals surface area (Å²) in [7, 11) is 3.66. The van der Waals surface area contributed by atoms with Crippen LogP contribution in [0.4, 0.5) is 11.4 Å². The zero-order valence-electron chi connectivity index (χ0n) is 21.5. The molecule has 1 atom stereocenters. The van der Waals surface area contributed by atoms with Crippen LogP contribution < -0.4 is 10.6 Å². The van der Waals surface area contributed by atoms with E-state index in [0.717, 1.165) is 0 Å². The molecular weight excluding hydrogens is 522 g/mol. The lowest BCUT2D eigenvalue weighted by Gasteiger charge is -2.29. The summed E-state index contributed by atoms with van der Waals surface area (Å²) in [6.07, 6.45) is 1.94. The molecule has 39 heavy (non-hydrogen) atoms. The Morgan fingerprint density at radius 1 is 1.13 bits per heavy atom. The van der Waals surface area contributed by atoms with Crippen molar-refractivity contribution in [2.45, 2.75) is 25.4 Å². The topological polar surface area (TPSA) is 132 Å². The minimum absolute atomic E-state index is 0.0215. The molecule has 11 heteroatoms. The summed E-state index contributed by atoms with van der Waals surface area (Å²) in [4.78, 5) is 59.1. The number of aromatic carboxylic acids is 1. The van der Waals surface area contributed by atoms with E-state index in [1.165, 1.54) is 23.1 Å². The number of carbonyl (C=O) groups is 4. The summed E-state index contributed by atoms with van der Waals surface area (Å²) in [6, 6.07) is 13.5. The van der Waals surface area contributed by atoms with E-state index in [9.17, 15) is 24.3 Å². The second kappa shape index (κ2) is 12.1. The molecule has 10 nitrogen and oxygen atoms in total. The second-order valence-electron chi connectivity index (χ2n) is 9.44. The normalized spacial score (nSPS) is 15.0. The lowest BCUT2D eigenvalue weighted by atomic mass is 10.0. The largest absolute Gasteiger partial charge is 0.478 e. The van der Waals surface area contributed by atoms with Crippen LogP contribution in [0.15, 0.2) is 60.8 Å². The maximum Gasteiger partial charge on any atom is 0.337 e. The quantitative estimate of drug-likeness (QED) is 0.372. The molecule has 0 aliphatic carbocycles. The van der Waals surface area contributed by atoms with Gasteiger partial charge in [0.1, 0.15) is 6.04 Å². The van der Waals surface area contributed by atoms with Gasteiger partial charge >= 0.3 is 5.97 Å². The first-order chi connectivity index (χ1) is 18.6. The molecule has 0 radical (unpaired) electrons. The Morgan fingerprint density at radius 3 is 2.62 bits per heavy atom. The van der Waals surface area contributed by atoms with Crippen LogP contribution in [0.5, 0.6) is 0 Å². The van der Waals surface area contributed by atoms with Crippen LogP contribution in [0.25, 0.3) is 0 Å². The molecule has 0 saturated heterocycles. The highest BCUT2D eigenvalue weighted by Crippen LogP contribution is 2.29. The van der Waals surface area contributed by atoms with Crippen molar-refractivity contribution in [2.75, 3.05) is 31.3 Å². The van der Waals surface area contributed by atoms with Gasteiger partial charge in [-0.25, -0.2) is 4.79 Å². The van der Waals surface area contributed by atoms with Crippen LogP contribution in [0.3, 0.4) is 0 Å². The number of amides is 3. The van der Waals surface area contributed by atoms with Gasteiger partial charge in [-0.05, 0) is 62.1 Å². The van der Waals surface area contributed by atoms with Crippen molar-refractivity contribution in [1.82, 2.24) is 14.8 Å². The van der Waals surface area contributed by atoms with E-state index in [2.05, 4.69) is 15.6 Å². The molecule has 202 valence electrons. The van der Waals surface area contributed by atoms with Crippen molar-refractivity contribution in [2.24, 2.45) is 0 Å². The van der Waals surface area contributed by atoms with E-state index in [0.29, 0.717) is 28.5 Å². The lowest BCUT2D eigenvalue weighted by Crippen LogP contribution is -2.46. The van der Waals surface area contributed by atoms with Gasteiger partial charge in [0.05, 0.1) is 22.5 Å². The molecule has 1 unspecified atom stereocenters.